The fourth-order valence-electron chi connectivity index (χ4n) is 2.86. The van der Waals surface area contributed by atoms with Gasteiger partial charge in [0.2, 0.25) is 5.95 Å². The molecule has 1 aromatic carbocycles. The first-order chi connectivity index (χ1) is 12.6. The van der Waals surface area contributed by atoms with Gasteiger partial charge in [0.25, 0.3) is 5.91 Å². The zero-order chi connectivity index (χ0) is 18.5. The van der Waals surface area contributed by atoms with Crippen LogP contribution < -0.4 is 10.2 Å². The van der Waals surface area contributed by atoms with E-state index in [9.17, 15) is 9.59 Å². The quantitative estimate of drug-likeness (QED) is 0.829. The number of nitrogens with zero attached hydrogens (tertiary/aromatic N) is 4. The monoisotopic (exact) mass is 353 g/mol. The molecular weight excluding hydrogens is 330 g/mol. The SMILES string of the molecule is CCN1CCN(c2ncc(C(=O)Nc3ccc(C(C)=O)cc3)cn2)CC1. The van der Waals surface area contributed by atoms with Gasteiger partial charge in [-0.1, -0.05) is 6.92 Å². The molecule has 1 N–H and O–H groups in total. The summed E-state index contributed by atoms with van der Waals surface area (Å²) in [5.41, 5.74) is 1.63. The second-order valence-corrected chi connectivity index (χ2v) is 6.28. The zero-order valence-electron chi connectivity index (χ0n) is 15.1. The lowest BCUT2D eigenvalue weighted by molar-refractivity contribution is 0.101. The molecular formula is C19H23N5O2. The summed E-state index contributed by atoms with van der Waals surface area (Å²) in [6, 6.07) is 6.79. The molecule has 0 spiro atoms. The van der Waals surface area contributed by atoms with Crippen LogP contribution in [0.5, 0.6) is 0 Å². The highest BCUT2D eigenvalue weighted by Crippen LogP contribution is 2.13. The number of anilines is 2. The van der Waals surface area contributed by atoms with Crippen LogP contribution in [0.15, 0.2) is 36.7 Å². The van der Waals surface area contributed by atoms with E-state index in [0.29, 0.717) is 22.8 Å². The minimum Gasteiger partial charge on any atom is -0.338 e. The molecule has 0 bridgehead atoms. The molecule has 0 unspecified atom stereocenters. The lowest BCUT2D eigenvalue weighted by Crippen LogP contribution is -2.46. The van der Waals surface area contributed by atoms with Crippen molar-refractivity contribution < 1.29 is 9.59 Å². The summed E-state index contributed by atoms with van der Waals surface area (Å²) in [4.78, 5) is 36.8. The normalized spacial score (nSPS) is 14.9. The lowest BCUT2D eigenvalue weighted by atomic mass is 10.1. The van der Waals surface area contributed by atoms with Gasteiger partial charge in [-0.2, -0.15) is 0 Å². The lowest BCUT2D eigenvalue weighted by Gasteiger charge is -2.33. The Labute approximate surface area is 153 Å². The Morgan fingerprint density at radius 3 is 2.15 bits per heavy atom. The zero-order valence-corrected chi connectivity index (χ0v) is 15.1. The first-order valence-corrected chi connectivity index (χ1v) is 8.78. The highest BCUT2D eigenvalue weighted by atomic mass is 16.1. The molecule has 1 fully saturated rings. The highest BCUT2D eigenvalue weighted by Gasteiger charge is 2.18. The van der Waals surface area contributed by atoms with Gasteiger partial charge < -0.3 is 15.1 Å². The minimum absolute atomic E-state index is 0.00774. The molecule has 1 saturated heterocycles. The summed E-state index contributed by atoms with van der Waals surface area (Å²) in [6.07, 6.45) is 3.10. The summed E-state index contributed by atoms with van der Waals surface area (Å²) in [6.45, 7) is 8.50. The fourth-order valence-corrected chi connectivity index (χ4v) is 2.86. The van der Waals surface area contributed by atoms with Crippen molar-refractivity contribution in [2.24, 2.45) is 0 Å². The number of hydrogen-bond donors (Lipinski definition) is 1. The number of hydrogen-bond acceptors (Lipinski definition) is 6. The number of nitrogens with one attached hydrogen (secondary N) is 1. The number of aromatic nitrogens is 2. The van der Waals surface area contributed by atoms with Crippen molar-refractivity contribution in [3.63, 3.8) is 0 Å². The number of piperazine rings is 1. The van der Waals surface area contributed by atoms with Gasteiger partial charge in [0.1, 0.15) is 0 Å². The van der Waals surface area contributed by atoms with Crippen LogP contribution in [-0.2, 0) is 0 Å². The predicted octanol–water partition coefficient (Wildman–Crippen LogP) is 2.07. The summed E-state index contributed by atoms with van der Waals surface area (Å²) in [5, 5.41) is 2.79. The van der Waals surface area contributed by atoms with Crippen molar-refractivity contribution in [2.45, 2.75) is 13.8 Å². The Bertz CT molecular complexity index is 766. The molecule has 0 atom stereocenters. The molecule has 1 aromatic heterocycles. The smallest absolute Gasteiger partial charge is 0.258 e. The summed E-state index contributed by atoms with van der Waals surface area (Å²) in [5.74, 6) is 0.373. The van der Waals surface area contributed by atoms with Gasteiger partial charge in [0.15, 0.2) is 5.78 Å². The molecule has 0 saturated carbocycles. The van der Waals surface area contributed by atoms with Crippen molar-refractivity contribution in [3.05, 3.63) is 47.8 Å². The van der Waals surface area contributed by atoms with E-state index in [1.165, 1.54) is 6.92 Å². The van der Waals surface area contributed by atoms with Gasteiger partial charge in [-0.3, -0.25) is 9.59 Å². The van der Waals surface area contributed by atoms with Crippen LogP contribution in [0.4, 0.5) is 11.6 Å². The van der Waals surface area contributed by atoms with E-state index >= 15 is 0 Å². The number of amides is 1. The first-order valence-electron chi connectivity index (χ1n) is 8.78. The molecule has 0 radical (unpaired) electrons. The van der Waals surface area contributed by atoms with Gasteiger partial charge in [-0.15, -0.1) is 0 Å². The third kappa shape index (κ3) is 4.23. The van der Waals surface area contributed by atoms with E-state index in [0.717, 1.165) is 32.7 Å². The number of ketones is 1. The topological polar surface area (TPSA) is 78.4 Å². The highest BCUT2D eigenvalue weighted by molar-refractivity contribution is 6.04. The maximum absolute atomic E-state index is 12.3. The van der Waals surface area contributed by atoms with Gasteiger partial charge in [-0.05, 0) is 37.7 Å². The molecule has 2 heterocycles. The largest absolute Gasteiger partial charge is 0.338 e. The molecule has 1 amide bonds. The number of rotatable bonds is 5. The van der Waals surface area contributed by atoms with Crippen LogP contribution in [0.1, 0.15) is 34.6 Å². The first kappa shape index (κ1) is 18.0. The number of carbonyl (C=O) groups excluding carboxylic acids is 2. The third-order valence-corrected chi connectivity index (χ3v) is 4.55. The van der Waals surface area contributed by atoms with E-state index in [-0.39, 0.29) is 11.7 Å². The average Bonchev–Trinajstić information content (AvgIpc) is 2.68. The molecule has 26 heavy (non-hydrogen) atoms. The fraction of sp³-hybridized carbons (Fsp3) is 0.368. The maximum Gasteiger partial charge on any atom is 0.258 e. The summed E-state index contributed by atoms with van der Waals surface area (Å²) >= 11 is 0. The Morgan fingerprint density at radius 1 is 1.00 bits per heavy atom. The van der Waals surface area contributed by atoms with Crippen molar-refractivity contribution in [2.75, 3.05) is 42.9 Å². The molecule has 3 rings (SSSR count). The second kappa shape index (κ2) is 8.05. The maximum atomic E-state index is 12.3. The van der Waals surface area contributed by atoms with Crippen LogP contribution >= 0.6 is 0 Å². The Hall–Kier alpha value is -2.80. The van der Waals surface area contributed by atoms with Gasteiger partial charge >= 0.3 is 0 Å². The van der Waals surface area contributed by atoms with Gasteiger partial charge in [0.05, 0.1) is 5.56 Å². The van der Waals surface area contributed by atoms with Crippen LogP contribution in [0.2, 0.25) is 0 Å². The van der Waals surface area contributed by atoms with E-state index in [2.05, 4.69) is 32.0 Å². The number of likely N-dealkylation sites (N-methyl/N-ethyl adjacent to an activating group) is 1. The molecule has 2 aromatic rings. The number of benzene rings is 1. The second-order valence-electron chi connectivity index (χ2n) is 6.28. The van der Waals surface area contributed by atoms with Crippen LogP contribution in [0, 0.1) is 0 Å². The molecule has 7 nitrogen and oxygen atoms in total. The summed E-state index contributed by atoms with van der Waals surface area (Å²) < 4.78 is 0. The van der Waals surface area contributed by atoms with Crippen molar-refractivity contribution in [3.8, 4) is 0 Å². The van der Waals surface area contributed by atoms with E-state index in [1.807, 2.05) is 0 Å². The number of carbonyl (C=O) groups is 2. The molecule has 1 aliphatic rings. The molecule has 0 aliphatic carbocycles. The standard InChI is InChI=1S/C19H23N5O2/c1-3-23-8-10-24(11-9-23)19-20-12-16(13-21-19)18(26)22-17-6-4-15(5-7-17)14(2)25/h4-7,12-13H,3,8-11H2,1-2H3,(H,22,26). The Morgan fingerprint density at radius 2 is 1.62 bits per heavy atom. The average molecular weight is 353 g/mol. The van der Waals surface area contributed by atoms with Gasteiger partial charge in [0, 0.05) is 49.8 Å². The third-order valence-electron chi connectivity index (χ3n) is 4.55. The van der Waals surface area contributed by atoms with E-state index in [1.54, 1.807) is 36.7 Å². The van der Waals surface area contributed by atoms with Crippen molar-refractivity contribution >= 4 is 23.3 Å². The van der Waals surface area contributed by atoms with Crippen LogP contribution in [-0.4, -0.2) is 59.3 Å². The minimum atomic E-state index is -0.275. The van der Waals surface area contributed by atoms with Gasteiger partial charge in [-0.25, -0.2) is 9.97 Å². The molecule has 1 aliphatic heterocycles. The van der Waals surface area contributed by atoms with E-state index in [4.69, 9.17) is 0 Å². The Kier molecular flexibility index (Phi) is 5.58. The van der Waals surface area contributed by atoms with Crippen LogP contribution in [0.25, 0.3) is 0 Å². The van der Waals surface area contributed by atoms with E-state index < -0.39 is 0 Å². The van der Waals surface area contributed by atoms with Crippen molar-refractivity contribution in [1.29, 1.82) is 0 Å². The Balaban J connectivity index is 1.61. The molecule has 136 valence electrons. The predicted molar refractivity (Wildman–Crippen MR) is 101 cm³/mol. The van der Waals surface area contributed by atoms with Crippen molar-refractivity contribution in [1.82, 2.24) is 14.9 Å². The van der Waals surface area contributed by atoms with Crippen LogP contribution in [0.3, 0.4) is 0 Å². The summed E-state index contributed by atoms with van der Waals surface area (Å²) in [7, 11) is 0. The number of Topliss-reactive ketones (excluding diaryl/α,β-unsaturated/α-hetero) is 1. The molecule has 7 heteroatoms.